The van der Waals surface area contributed by atoms with Gasteiger partial charge < -0.3 is 15.4 Å². The number of nitrogens with zero attached hydrogens (tertiary/aromatic N) is 1. The second-order valence-corrected chi connectivity index (χ2v) is 7.01. The Morgan fingerprint density at radius 3 is 2.55 bits per heavy atom. The summed E-state index contributed by atoms with van der Waals surface area (Å²) in [6.45, 7) is 5.80. The zero-order chi connectivity index (χ0) is 16.0. The van der Waals surface area contributed by atoms with E-state index >= 15 is 0 Å². The average molecular weight is 341 g/mol. The van der Waals surface area contributed by atoms with Gasteiger partial charge in [-0.05, 0) is 36.5 Å². The molecule has 1 aromatic rings. The second-order valence-electron chi connectivity index (χ2n) is 4.66. The van der Waals surface area contributed by atoms with Crippen LogP contribution in [0, 0.1) is 0 Å². The Labute approximate surface area is 136 Å². The van der Waals surface area contributed by atoms with Crippen molar-refractivity contribution in [2.45, 2.75) is 4.90 Å². The molecule has 8 heteroatoms. The van der Waals surface area contributed by atoms with Crippen molar-refractivity contribution >= 4 is 33.0 Å². The van der Waals surface area contributed by atoms with E-state index in [1.165, 1.54) is 4.31 Å². The maximum absolute atomic E-state index is 12.5. The van der Waals surface area contributed by atoms with E-state index in [1.54, 1.807) is 30.3 Å². The minimum Gasteiger partial charge on any atom is -0.379 e. The van der Waals surface area contributed by atoms with E-state index < -0.39 is 10.0 Å². The summed E-state index contributed by atoms with van der Waals surface area (Å²) >= 11 is 5.10. The maximum atomic E-state index is 12.5. The molecule has 2 rings (SSSR count). The van der Waals surface area contributed by atoms with Crippen LogP contribution in [0.25, 0.3) is 0 Å². The first kappa shape index (κ1) is 16.9. The van der Waals surface area contributed by atoms with Crippen LogP contribution in [0.15, 0.2) is 41.8 Å². The fourth-order valence-electron chi connectivity index (χ4n) is 1.99. The van der Waals surface area contributed by atoms with Crippen LogP contribution in [-0.2, 0) is 14.8 Å². The molecule has 2 N–H and O–H groups in total. The van der Waals surface area contributed by atoms with E-state index in [9.17, 15) is 8.42 Å². The van der Waals surface area contributed by atoms with Crippen LogP contribution in [0.1, 0.15) is 0 Å². The zero-order valence-electron chi connectivity index (χ0n) is 12.1. The lowest BCUT2D eigenvalue weighted by Crippen LogP contribution is -2.40. The molecule has 1 heterocycles. The van der Waals surface area contributed by atoms with Gasteiger partial charge in [0.25, 0.3) is 0 Å². The van der Waals surface area contributed by atoms with Crippen molar-refractivity contribution in [2.24, 2.45) is 0 Å². The molecular weight excluding hydrogens is 322 g/mol. The third kappa shape index (κ3) is 4.26. The Hall–Kier alpha value is -1.48. The monoisotopic (exact) mass is 341 g/mol. The minimum absolute atomic E-state index is 0.268. The van der Waals surface area contributed by atoms with Crippen molar-refractivity contribution in [3.63, 3.8) is 0 Å². The number of anilines is 1. The molecule has 0 unspecified atom stereocenters. The summed E-state index contributed by atoms with van der Waals surface area (Å²) in [5.41, 5.74) is 0.725. The molecule has 1 aromatic carbocycles. The molecule has 0 spiro atoms. The van der Waals surface area contributed by atoms with Gasteiger partial charge in [0, 0.05) is 25.3 Å². The van der Waals surface area contributed by atoms with E-state index in [2.05, 4.69) is 17.2 Å². The van der Waals surface area contributed by atoms with Crippen LogP contribution in [-0.4, -0.2) is 50.7 Å². The van der Waals surface area contributed by atoms with Crippen molar-refractivity contribution in [1.82, 2.24) is 9.62 Å². The second kappa shape index (κ2) is 7.68. The summed E-state index contributed by atoms with van der Waals surface area (Å²) in [4.78, 5) is 0.268. The molecule has 0 saturated carbocycles. The van der Waals surface area contributed by atoms with Crippen LogP contribution < -0.4 is 10.6 Å². The van der Waals surface area contributed by atoms with Gasteiger partial charge in [-0.15, -0.1) is 6.58 Å². The molecule has 0 bridgehead atoms. The molecule has 6 nitrogen and oxygen atoms in total. The number of nitrogens with one attached hydrogen (secondary N) is 2. The Kier molecular flexibility index (Phi) is 5.90. The number of ether oxygens (including phenoxy) is 1. The van der Waals surface area contributed by atoms with Crippen molar-refractivity contribution in [3.05, 3.63) is 36.9 Å². The molecule has 0 amide bonds. The molecule has 1 aliphatic rings. The first-order valence-corrected chi connectivity index (χ1v) is 8.72. The van der Waals surface area contributed by atoms with E-state index in [1.807, 2.05) is 0 Å². The lowest BCUT2D eigenvalue weighted by atomic mass is 10.3. The fraction of sp³-hybridized carbons (Fsp3) is 0.357. The van der Waals surface area contributed by atoms with Crippen molar-refractivity contribution in [1.29, 1.82) is 0 Å². The smallest absolute Gasteiger partial charge is 0.243 e. The number of thiocarbonyl (C=S) groups is 1. The average Bonchev–Trinajstić information content (AvgIpc) is 2.54. The van der Waals surface area contributed by atoms with Gasteiger partial charge in [0.05, 0.1) is 18.1 Å². The molecule has 0 aliphatic carbocycles. The standard InChI is InChI=1S/C14H19N3O3S2/c1-2-7-15-14(21)16-12-3-5-13(6-4-12)22(18,19)17-8-10-20-11-9-17/h2-6H,1,7-11H2,(H2,15,16,21). The van der Waals surface area contributed by atoms with E-state index in [4.69, 9.17) is 17.0 Å². The molecule has 120 valence electrons. The topological polar surface area (TPSA) is 70.7 Å². The Balaban J connectivity index is 2.04. The molecule has 1 fully saturated rings. The number of morpholine rings is 1. The van der Waals surface area contributed by atoms with Crippen molar-refractivity contribution in [3.8, 4) is 0 Å². The minimum atomic E-state index is -3.46. The van der Waals surface area contributed by atoms with Crippen LogP contribution in [0.3, 0.4) is 0 Å². The SMILES string of the molecule is C=CCNC(=S)Nc1ccc(S(=O)(=O)N2CCOCC2)cc1. The van der Waals surface area contributed by atoms with Gasteiger partial charge in [-0.25, -0.2) is 8.42 Å². The van der Waals surface area contributed by atoms with Gasteiger partial charge in [0.15, 0.2) is 5.11 Å². The number of sulfonamides is 1. The summed E-state index contributed by atoms with van der Waals surface area (Å²) in [5, 5.41) is 6.38. The normalized spacial score (nSPS) is 16.0. The van der Waals surface area contributed by atoms with E-state index in [0.717, 1.165) is 5.69 Å². The van der Waals surface area contributed by atoms with Crippen LogP contribution in [0.4, 0.5) is 5.69 Å². The van der Waals surface area contributed by atoms with E-state index in [-0.39, 0.29) is 4.90 Å². The number of hydrogen-bond acceptors (Lipinski definition) is 4. The Morgan fingerprint density at radius 2 is 1.95 bits per heavy atom. The highest BCUT2D eigenvalue weighted by Crippen LogP contribution is 2.19. The molecular formula is C14H19N3O3S2. The van der Waals surface area contributed by atoms with Gasteiger partial charge in [0.1, 0.15) is 0 Å². The van der Waals surface area contributed by atoms with Crippen LogP contribution in [0.2, 0.25) is 0 Å². The highest BCUT2D eigenvalue weighted by atomic mass is 32.2. The molecule has 0 radical (unpaired) electrons. The highest BCUT2D eigenvalue weighted by Gasteiger charge is 2.25. The number of hydrogen-bond donors (Lipinski definition) is 2. The van der Waals surface area contributed by atoms with Crippen molar-refractivity contribution < 1.29 is 13.2 Å². The quantitative estimate of drug-likeness (QED) is 0.619. The lowest BCUT2D eigenvalue weighted by Gasteiger charge is -2.26. The fourth-order valence-corrected chi connectivity index (χ4v) is 3.60. The maximum Gasteiger partial charge on any atom is 0.243 e. The van der Waals surface area contributed by atoms with Gasteiger partial charge in [0.2, 0.25) is 10.0 Å². The highest BCUT2D eigenvalue weighted by molar-refractivity contribution is 7.89. The molecule has 1 saturated heterocycles. The van der Waals surface area contributed by atoms with Gasteiger partial charge in [-0.2, -0.15) is 4.31 Å². The molecule has 0 atom stereocenters. The van der Waals surface area contributed by atoms with Gasteiger partial charge >= 0.3 is 0 Å². The first-order valence-electron chi connectivity index (χ1n) is 6.88. The Bertz CT molecular complexity index is 623. The predicted molar refractivity (Wildman–Crippen MR) is 90.4 cm³/mol. The molecule has 22 heavy (non-hydrogen) atoms. The van der Waals surface area contributed by atoms with E-state index in [0.29, 0.717) is 38.0 Å². The third-order valence-corrected chi connectivity index (χ3v) is 5.29. The van der Waals surface area contributed by atoms with Gasteiger partial charge in [-0.3, -0.25) is 0 Å². The lowest BCUT2D eigenvalue weighted by molar-refractivity contribution is 0.0730. The van der Waals surface area contributed by atoms with Gasteiger partial charge in [-0.1, -0.05) is 6.08 Å². The Morgan fingerprint density at radius 1 is 1.32 bits per heavy atom. The zero-order valence-corrected chi connectivity index (χ0v) is 13.8. The summed E-state index contributed by atoms with van der Waals surface area (Å²) in [7, 11) is -3.46. The predicted octanol–water partition coefficient (Wildman–Crippen LogP) is 1.18. The first-order chi connectivity index (χ1) is 10.5. The van der Waals surface area contributed by atoms with Crippen molar-refractivity contribution in [2.75, 3.05) is 38.2 Å². The molecule has 1 aliphatic heterocycles. The summed E-state index contributed by atoms with van der Waals surface area (Å²) in [6.07, 6.45) is 1.70. The summed E-state index contributed by atoms with van der Waals surface area (Å²) < 4.78 is 31.5. The number of rotatable bonds is 5. The number of benzene rings is 1. The largest absolute Gasteiger partial charge is 0.379 e. The van der Waals surface area contributed by atoms with Crippen LogP contribution in [0.5, 0.6) is 0 Å². The summed E-state index contributed by atoms with van der Waals surface area (Å²) in [5.74, 6) is 0. The third-order valence-electron chi connectivity index (χ3n) is 3.13. The molecule has 0 aromatic heterocycles. The summed E-state index contributed by atoms with van der Waals surface area (Å²) in [6, 6.07) is 6.52. The van der Waals surface area contributed by atoms with Crippen LogP contribution >= 0.6 is 12.2 Å².